The van der Waals surface area contributed by atoms with Gasteiger partial charge in [0.25, 0.3) is 5.69 Å². The number of hydrogen-bond acceptors (Lipinski definition) is 4. The lowest BCUT2D eigenvalue weighted by molar-refractivity contribution is -0.384. The highest BCUT2D eigenvalue weighted by Crippen LogP contribution is 2.27. The van der Waals surface area contributed by atoms with Gasteiger partial charge in [-0.25, -0.2) is 0 Å². The molecule has 0 bridgehead atoms. The zero-order valence-electron chi connectivity index (χ0n) is 12.7. The first-order chi connectivity index (χ1) is 11.8. The molecule has 25 heavy (non-hydrogen) atoms. The number of nitrogens with one attached hydrogen (secondary N) is 1. The highest BCUT2D eigenvalue weighted by molar-refractivity contribution is 5.91. The van der Waals surface area contributed by atoms with Gasteiger partial charge in [0.05, 0.1) is 11.5 Å². The summed E-state index contributed by atoms with van der Waals surface area (Å²) in [7, 11) is 0. The van der Waals surface area contributed by atoms with Crippen LogP contribution in [0.1, 0.15) is 11.3 Å². The molecule has 1 aromatic heterocycles. The summed E-state index contributed by atoms with van der Waals surface area (Å²) in [5, 5.41) is 16.4. The van der Waals surface area contributed by atoms with Gasteiger partial charge in [-0.1, -0.05) is 0 Å². The number of halogens is 3. The first kappa shape index (κ1) is 18.2. The van der Waals surface area contributed by atoms with Crippen molar-refractivity contribution in [3.05, 3.63) is 64.0 Å². The van der Waals surface area contributed by atoms with Gasteiger partial charge >= 0.3 is 6.18 Å². The zero-order valence-corrected chi connectivity index (χ0v) is 12.7. The molecule has 0 aliphatic rings. The van der Waals surface area contributed by atoms with Gasteiger partial charge in [0, 0.05) is 31.0 Å². The smallest absolute Gasteiger partial charge is 0.351 e. The molecule has 0 spiro atoms. The molecule has 0 radical (unpaired) electrons. The third kappa shape index (κ3) is 5.44. The Kier molecular flexibility index (Phi) is 5.52. The molecule has 0 aliphatic heterocycles. The Morgan fingerprint density at radius 2 is 1.96 bits per heavy atom. The summed E-state index contributed by atoms with van der Waals surface area (Å²) in [6.45, 7) is 0.190. The lowest BCUT2D eigenvalue weighted by atomic mass is 10.2. The maximum absolute atomic E-state index is 12.4. The molecule has 2 rings (SSSR count). The number of non-ortho nitro benzene ring substituents is 1. The van der Waals surface area contributed by atoms with Crippen molar-refractivity contribution in [1.82, 2.24) is 15.1 Å². The largest absolute Gasteiger partial charge is 0.435 e. The van der Waals surface area contributed by atoms with Gasteiger partial charge in [0.15, 0.2) is 5.69 Å². The zero-order chi connectivity index (χ0) is 18.4. The number of benzene rings is 1. The van der Waals surface area contributed by atoms with Crippen molar-refractivity contribution in [3.63, 3.8) is 0 Å². The standard InChI is InChI=1S/C15H13F3N4O3/c16-15(17,18)13-7-9-21(20-13)10-8-19-14(23)6-3-11-1-4-12(5-2-11)22(24)25/h1-7,9H,8,10H2,(H,19,23)/b6-3+. The van der Waals surface area contributed by atoms with E-state index in [1.807, 2.05) is 0 Å². The van der Waals surface area contributed by atoms with Crippen molar-refractivity contribution in [1.29, 1.82) is 0 Å². The average molecular weight is 354 g/mol. The van der Waals surface area contributed by atoms with Crippen molar-refractivity contribution in [2.24, 2.45) is 0 Å². The van der Waals surface area contributed by atoms with E-state index < -0.39 is 22.7 Å². The van der Waals surface area contributed by atoms with Gasteiger partial charge in [0.2, 0.25) is 5.91 Å². The number of carbonyl (C=O) groups excluding carboxylic acids is 1. The maximum atomic E-state index is 12.4. The molecule has 132 valence electrons. The Balaban J connectivity index is 1.80. The first-order valence-corrected chi connectivity index (χ1v) is 7.07. The van der Waals surface area contributed by atoms with Crippen LogP contribution in [-0.2, 0) is 17.5 Å². The molecule has 0 aliphatic carbocycles. The first-order valence-electron chi connectivity index (χ1n) is 7.07. The van der Waals surface area contributed by atoms with Gasteiger partial charge in [0.1, 0.15) is 0 Å². The van der Waals surface area contributed by atoms with Crippen LogP contribution in [0.5, 0.6) is 0 Å². The fourth-order valence-electron chi connectivity index (χ4n) is 1.87. The predicted molar refractivity (Wildman–Crippen MR) is 82.4 cm³/mol. The lowest BCUT2D eigenvalue weighted by Crippen LogP contribution is -2.25. The third-order valence-electron chi connectivity index (χ3n) is 3.10. The van der Waals surface area contributed by atoms with Crippen molar-refractivity contribution in [2.45, 2.75) is 12.7 Å². The van der Waals surface area contributed by atoms with Crippen LogP contribution in [0.15, 0.2) is 42.6 Å². The summed E-state index contributed by atoms with van der Waals surface area (Å²) in [6.07, 6.45) is -0.621. The van der Waals surface area contributed by atoms with Crippen LogP contribution in [0.2, 0.25) is 0 Å². The highest BCUT2D eigenvalue weighted by Gasteiger charge is 2.33. The monoisotopic (exact) mass is 354 g/mol. The van der Waals surface area contributed by atoms with Crippen LogP contribution >= 0.6 is 0 Å². The molecule has 10 heteroatoms. The SMILES string of the molecule is O=C(/C=C/c1ccc([N+](=O)[O-])cc1)NCCn1ccc(C(F)(F)F)n1. The number of aromatic nitrogens is 2. The molecule has 1 aromatic carbocycles. The maximum Gasteiger partial charge on any atom is 0.435 e. The molecule has 0 fully saturated rings. The van der Waals surface area contributed by atoms with Gasteiger partial charge < -0.3 is 5.32 Å². The average Bonchev–Trinajstić information content (AvgIpc) is 3.02. The number of carbonyl (C=O) groups is 1. The molecule has 0 saturated carbocycles. The minimum absolute atomic E-state index is 0.0564. The molecule has 0 unspecified atom stereocenters. The van der Waals surface area contributed by atoms with Crippen LogP contribution < -0.4 is 5.32 Å². The topological polar surface area (TPSA) is 90.1 Å². The second kappa shape index (κ2) is 7.60. The number of hydrogen-bond donors (Lipinski definition) is 1. The molecular formula is C15H13F3N4O3. The summed E-state index contributed by atoms with van der Waals surface area (Å²) in [6, 6.07) is 6.46. The van der Waals surface area contributed by atoms with E-state index in [0.29, 0.717) is 5.56 Å². The highest BCUT2D eigenvalue weighted by atomic mass is 19.4. The number of alkyl halides is 3. The molecule has 2 aromatic rings. The minimum Gasteiger partial charge on any atom is -0.351 e. The van der Waals surface area contributed by atoms with Crippen molar-refractivity contribution in [3.8, 4) is 0 Å². The Bertz CT molecular complexity index is 782. The number of rotatable bonds is 6. The summed E-state index contributed by atoms with van der Waals surface area (Å²) in [5.74, 6) is -0.443. The third-order valence-corrected chi connectivity index (χ3v) is 3.10. The Labute approximate surface area is 139 Å². The van der Waals surface area contributed by atoms with Crippen molar-refractivity contribution < 1.29 is 22.9 Å². The van der Waals surface area contributed by atoms with Crippen LogP contribution in [0.3, 0.4) is 0 Å². The number of nitro benzene ring substituents is 1. The molecule has 0 saturated heterocycles. The van der Waals surface area contributed by atoms with Crippen LogP contribution in [0.25, 0.3) is 6.08 Å². The number of nitrogens with zero attached hydrogens (tertiary/aromatic N) is 3. The van der Waals surface area contributed by atoms with Crippen LogP contribution in [0, 0.1) is 10.1 Å². The second-order valence-electron chi connectivity index (χ2n) is 4.93. The Hall–Kier alpha value is -3.17. The summed E-state index contributed by atoms with van der Waals surface area (Å²) < 4.78 is 38.3. The molecule has 0 atom stereocenters. The summed E-state index contributed by atoms with van der Waals surface area (Å²) in [5.41, 5.74) is -0.446. The predicted octanol–water partition coefficient (Wildman–Crippen LogP) is 2.64. The van der Waals surface area contributed by atoms with Gasteiger partial charge in [-0.3, -0.25) is 19.6 Å². The summed E-state index contributed by atoms with van der Waals surface area (Å²) in [4.78, 5) is 21.6. The second-order valence-corrected chi connectivity index (χ2v) is 4.93. The Morgan fingerprint density at radius 3 is 2.52 bits per heavy atom. The van der Waals surface area contributed by atoms with E-state index in [-0.39, 0.29) is 18.8 Å². The molecule has 7 nitrogen and oxygen atoms in total. The van der Waals surface area contributed by atoms with E-state index in [0.717, 1.165) is 10.7 Å². The minimum atomic E-state index is -4.50. The van der Waals surface area contributed by atoms with E-state index in [9.17, 15) is 28.1 Å². The van der Waals surface area contributed by atoms with Crippen LogP contribution in [0.4, 0.5) is 18.9 Å². The van der Waals surface area contributed by atoms with Gasteiger partial charge in [-0.05, 0) is 29.8 Å². The normalized spacial score (nSPS) is 11.6. The van der Waals surface area contributed by atoms with Gasteiger partial charge in [-0.2, -0.15) is 18.3 Å². The number of amides is 1. The molecule has 1 N–H and O–H groups in total. The van der Waals surface area contributed by atoms with E-state index in [4.69, 9.17) is 0 Å². The van der Waals surface area contributed by atoms with Crippen molar-refractivity contribution in [2.75, 3.05) is 6.54 Å². The number of nitro groups is 1. The lowest BCUT2D eigenvalue weighted by Gasteiger charge is -2.04. The quantitative estimate of drug-likeness (QED) is 0.491. The summed E-state index contributed by atoms with van der Waals surface area (Å²) >= 11 is 0. The van der Waals surface area contributed by atoms with E-state index in [1.165, 1.54) is 42.6 Å². The fourth-order valence-corrected chi connectivity index (χ4v) is 1.87. The van der Waals surface area contributed by atoms with Crippen molar-refractivity contribution >= 4 is 17.7 Å². The molecular weight excluding hydrogens is 341 g/mol. The van der Waals surface area contributed by atoms with E-state index in [1.54, 1.807) is 0 Å². The van der Waals surface area contributed by atoms with Gasteiger partial charge in [-0.15, -0.1) is 0 Å². The van der Waals surface area contributed by atoms with Crippen LogP contribution in [-0.4, -0.2) is 27.2 Å². The van der Waals surface area contributed by atoms with E-state index >= 15 is 0 Å². The van der Waals surface area contributed by atoms with E-state index in [2.05, 4.69) is 10.4 Å². The molecule has 1 heterocycles. The molecule has 1 amide bonds. The fraction of sp³-hybridized carbons (Fsp3) is 0.200. The Morgan fingerprint density at radius 1 is 1.28 bits per heavy atom.